The highest BCUT2D eigenvalue weighted by Crippen LogP contribution is 2.29. The van der Waals surface area contributed by atoms with Crippen molar-refractivity contribution >= 4 is 10.9 Å². The van der Waals surface area contributed by atoms with E-state index in [2.05, 4.69) is 20.3 Å². The SMILES string of the molecule is [2H]C(C)Cn1cc(-c2ccnc(-c3n[nH]c4ccc(OC(C)C)cc34)n2)c(C)n1. The fourth-order valence-corrected chi connectivity index (χ4v) is 3.18. The van der Waals surface area contributed by atoms with E-state index in [4.69, 9.17) is 11.1 Å². The Morgan fingerprint density at radius 3 is 2.93 bits per heavy atom. The maximum atomic E-state index is 7.76. The minimum Gasteiger partial charge on any atom is -0.491 e. The number of benzene rings is 1. The van der Waals surface area contributed by atoms with Crippen molar-refractivity contribution in [2.45, 2.75) is 46.7 Å². The number of nitrogens with zero attached hydrogens (tertiary/aromatic N) is 5. The van der Waals surface area contributed by atoms with Crippen LogP contribution < -0.4 is 4.74 Å². The van der Waals surface area contributed by atoms with Crippen molar-refractivity contribution in [3.05, 3.63) is 42.4 Å². The number of aromatic nitrogens is 6. The first-order chi connectivity index (χ1) is 13.9. The molecule has 1 atom stereocenters. The molecule has 28 heavy (non-hydrogen) atoms. The Morgan fingerprint density at radius 1 is 1.29 bits per heavy atom. The molecule has 1 aromatic carbocycles. The number of hydrogen-bond donors (Lipinski definition) is 1. The Balaban J connectivity index is 1.73. The van der Waals surface area contributed by atoms with Crippen LogP contribution in [0, 0.1) is 6.92 Å². The minimum atomic E-state index is -0.221. The molecule has 3 aromatic heterocycles. The number of fused-ring (bicyclic) bond motifs is 1. The lowest BCUT2D eigenvalue weighted by molar-refractivity contribution is 0.243. The van der Waals surface area contributed by atoms with Gasteiger partial charge in [0.15, 0.2) is 5.82 Å². The van der Waals surface area contributed by atoms with E-state index in [1.54, 1.807) is 10.9 Å². The van der Waals surface area contributed by atoms with Gasteiger partial charge in [-0.2, -0.15) is 10.2 Å². The zero-order valence-electron chi connectivity index (χ0n) is 17.5. The third-order valence-electron chi connectivity index (χ3n) is 4.37. The molecule has 4 rings (SSSR count). The van der Waals surface area contributed by atoms with Crippen molar-refractivity contribution in [2.75, 3.05) is 0 Å². The number of nitrogens with one attached hydrogen (secondary N) is 1. The van der Waals surface area contributed by atoms with Gasteiger partial charge in [0.2, 0.25) is 0 Å². The topological polar surface area (TPSA) is 81.5 Å². The average Bonchev–Trinajstić information content (AvgIpc) is 3.24. The molecule has 0 saturated carbocycles. The lowest BCUT2D eigenvalue weighted by Gasteiger charge is -2.09. The molecule has 1 unspecified atom stereocenters. The van der Waals surface area contributed by atoms with E-state index in [0.717, 1.165) is 33.6 Å². The Labute approximate surface area is 165 Å². The van der Waals surface area contributed by atoms with Crippen molar-refractivity contribution in [3.8, 4) is 28.5 Å². The van der Waals surface area contributed by atoms with E-state index in [-0.39, 0.29) is 12.5 Å². The molecular weight excluding hydrogens is 352 g/mol. The maximum Gasteiger partial charge on any atom is 0.181 e. The van der Waals surface area contributed by atoms with Crippen molar-refractivity contribution in [1.29, 1.82) is 0 Å². The number of ether oxygens (including phenoxy) is 1. The van der Waals surface area contributed by atoms with Crippen LogP contribution in [-0.4, -0.2) is 36.0 Å². The van der Waals surface area contributed by atoms with Crippen LogP contribution in [0.3, 0.4) is 0 Å². The zero-order chi connectivity index (χ0) is 20.5. The summed E-state index contributed by atoms with van der Waals surface area (Å²) in [6, 6.07) is 7.70. The van der Waals surface area contributed by atoms with Gasteiger partial charge in [-0.25, -0.2) is 9.97 Å². The summed E-state index contributed by atoms with van der Waals surface area (Å²) < 4.78 is 15.4. The number of aryl methyl sites for hydroxylation is 2. The molecule has 144 valence electrons. The highest BCUT2D eigenvalue weighted by Gasteiger charge is 2.15. The van der Waals surface area contributed by atoms with E-state index >= 15 is 0 Å². The molecule has 0 aliphatic heterocycles. The molecule has 0 aliphatic carbocycles. The first kappa shape index (κ1) is 16.9. The largest absolute Gasteiger partial charge is 0.491 e. The molecule has 7 heteroatoms. The molecule has 3 heterocycles. The summed E-state index contributed by atoms with van der Waals surface area (Å²) in [6.45, 7) is 8.33. The molecule has 0 fully saturated rings. The monoisotopic (exact) mass is 377 g/mol. The number of aromatic amines is 1. The first-order valence-electron chi connectivity index (χ1n) is 9.93. The minimum absolute atomic E-state index is 0.0910. The summed E-state index contributed by atoms with van der Waals surface area (Å²) in [7, 11) is 0. The predicted molar refractivity (Wildman–Crippen MR) is 109 cm³/mol. The van der Waals surface area contributed by atoms with Crippen molar-refractivity contribution < 1.29 is 6.11 Å². The van der Waals surface area contributed by atoms with Crippen molar-refractivity contribution in [1.82, 2.24) is 29.9 Å². The van der Waals surface area contributed by atoms with E-state index in [9.17, 15) is 0 Å². The lowest BCUT2D eigenvalue weighted by atomic mass is 10.1. The highest BCUT2D eigenvalue weighted by molar-refractivity contribution is 5.92. The molecule has 0 bridgehead atoms. The van der Waals surface area contributed by atoms with Gasteiger partial charge in [0.05, 0.1) is 23.0 Å². The smallest absolute Gasteiger partial charge is 0.181 e. The van der Waals surface area contributed by atoms with E-state index in [0.29, 0.717) is 18.1 Å². The molecular formula is C21H24N6O. The summed E-state index contributed by atoms with van der Waals surface area (Å²) in [5.74, 6) is 1.32. The number of H-pyrrole nitrogens is 1. The summed E-state index contributed by atoms with van der Waals surface area (Å²) >= 11 is 0. The fraction of sp³-hybridized carbons (Fsp3) is 0.333. The van der Waals surface area contributed by atoms with Crippen LogP contribution in [0.25, 0.3) is 33.7 Å². The number of rotatable bonds is 6. The first-order valence-corrected chi connectivity index (χ1v) is 9.35. The Bertz CT molecular complexity index is 1150. The van der Waals surface area contributed by atoms with Gasteiger partial charge in [0.1, 0.15) is 11.4 Å². The van der Waals surface area contributed by atoms with Gasteiger partial charge in [0, 0.05) is 31.3 Å². The summed E-state index contributed by atoms with van der Waals surface area (Å²) in [5, 5.41) is 12.9. The molecule has 1 N–H and O–H groups in total. The zero-order valence-corrected chi connectivity index (χ0v) is 16.5. The van der Waals surface area contributed by atoms with Crippen LogP contribution >= 0.6 is 0 Å². The van der Waals surface area contributed by atoms with E-state index in [1.165, 1.54) is 0 Å². The van der Waals surface area contributed by atoms with Gasteiger partial charge in [-0.05, 0) is 51.4 Å². The third-order valence-corrected chi connectivity index (χ3v) is 4.37. The summed E-state index contributed by atoms with van der Waals surface area (Å²) in [4.78, 5) is 9.19. The van der Waals surface area contributed by atoms with Gasteiger partial charge < -0.3 is 4.74 Å². The van der Waals surface area contributed by atoms with Crippen LogP contribution in [0.1, 0.15) is 34.2 Å². The normalized spacial score (nSPS) is 13.1. The summed E-state index contributed by atoms with van der Waals surface area (Å²) in [5.41, 5.74) is 4.16. The maximum absolute atomic E-state index is 7.76. The van der Waals surface area contributed by atoms with Crippen LogP contribution in [0.4, 0.5) is 0 Å². The van der Waals surface area contributed by atoms with Crippen LogP contribution in [0.2, 0.25) is 0 Å². The second kappa shape index (κ2) is 7.42. The van der Waals surface area contributed by atoms with Crippen LogP contribution in [-0.2, 0) is 6.54 Å². The lowest BCUT2D eigenvalue weighted by Crippen LogP contribution is -2.05. The Kier molecular flexibility index (Phi) is 4.48. The molecule has 4 aromatic rings. The van der Waals surface area contributed by atoms with Gasteiger partial charge in [-0.15, -0.1) is 0 Å². The molecule has 0 amide bonds. The van der Waals surface area contributed by atoms with E-state index in [1.807, 2.05) is 58.2 Å². The average molecular weight is 377 g/mol. The van der Waals surface area contributed by atoms with Gasteiger partial charge in [-0.1, -0.05) is 6.92 Å². The van der Waals surface area contributed by atoms with Gasteiger partial charge in [0.25, 0.3) is 0 Å². The van der Waals surface area contributed by atoms with E-state index < -0.39 is 0 Å². The Hall–Kier alpha value is -3.22. The molecule has 0 spiro atoms. The van der Waals surface area contributed by atoms with Crippen molar-refractivity contribution in [3.63, 3.8) is 0 Å². The van der Waals surface area contributed by atoms with Gasteiger partial charge >= 0.3 is 0 Å². The highest BCUT2D eigenvalue weighted by atomic mass is 16.5. The Morgan fingerprint density at radius 2 is 2.14 bits per heavy atom. The molecule has 7 nitrogen and oxygen atoms in total. The quantitative estimate of drug-likeness (QED) is 0.539. The number of hydrogen-bond acceptors (Lipinski definition) is 5. The fourth-order valence-electron chi connectivity index (χ4n) is 3.18. The molecule has 0 saturated heterocycles. The third kappa shape index (κ3) is 3.47. The van der Waals surface area contributed by atoms with Crippen LogP contribution in [0.5, 0.6) is 5.75 Å². The molecule has 0 aliphatic rings. The van der Waals surface area contributed by atoms with Crippen molar-refractivity contribution in [2.24, 2.45) is 0 Å². The van der Waals surface area contributed by atoms with Crippen LogP contribution in [0.15, 0.2) is 36.7 Å². The second-order valence-corrected chi connectivity index (χ2v) is 6.97. The standard InChI is InChI=1S/C21H24N6O/c1-5-10-27-12-17(14(4)26-27)18-8-9-22-21(23-18)20-16-11-15(28-13(2)3)6-7-19(16)24-25-20/h6-9,11-13H,5,10H2,1-4H3,(H,24,25)/i5D. The summed E-state index contributed by atoms with van der Waals surface area (Å²) in [6.07, 6.45) is 3.54. The second-order valence-electron chi connectivity index (χ2n) is 6.97. The van der Waals surface area contributed by atoms with Gasteiger partial charge in [-0.3, -0.25) is 9.78 Å². The molecule has 0 radical (unpaired) electrons. The predicted octanol–water partition coefficient (Wildman–Crippen LogP) is 4.39.